The van der Waals surface area contributed by atoms with Crippen LogP contribution in [0.3, 0.4) is 0 Å². The second kappa shape index (κ2) is 48.3. The maximum Gasteiger partial charge on any atom is 0.410 e. The number of hydrogen-bond acceptors (Lipinski definition) is 24. The maximum atomic E-state index is 14.5. The third kappa shape index (κ3) is 36.2. The second-order valence-electron chi connectivity index (χ2n) is 34.5. The molecular weight excluding hydrogens is 1710 g/mol. The second-order valence-corrected chi connectivity index (χ2v) is 38.1. The number of nitrogens with zero attached hydrogens (tertiary/aromatic N) is 9. The Morgan fingerprint density at radius 1 is 0.576 bits per heavy atom. The highest BCUT2D eigenvalue weighted by Gasteiger charge is 2.45. The van der Waals surface area contributed by atoms with E-state index in [9.17, 15) is 56.0 Å². The summed E-state index contributed by atoms with van der Waals surface area (Å²) in [5, 5.41) is 2.90. The monoisotopic (exact) mass is 1830 g/mol. The van der Waals surface area contributed by atoms with Crippen molar-refractivity contribution < 1.29 is 94.0 Å². The minimum atomic E-state index is -3.36. The zero-order valence-electron chi connectivity index (χ0n) is 75.5. The smallest absolute Gasteiger partial charge is 0.410 e. The number of nitrogens with one attached hydrogen (secondary N) is 1. The van der Waals surface area contributed by atoms with Crippen molar-refractivity contribution in [3.8, 4) is 22.8 Å². The van der Waals surface area contributed by atoms with Gasteiger partial charge in [0.05, 0.1) is 51.8 Å². The fourth-order valence-electron chi connectivity index (χ4n) is 13.1. The number of alkyl halides is 1. The van der Waals surface area contributed by atoms with Gasteiger partial charge in [0.25, 0.3) is 5.91 Å². The first-order valence-corrected chi connectivity index (χ1v) is 45.1. The summed E-state index contributed by atoms with van der Waals surface area (Å²) in [4.78, 5) is 137. The van der Waals surface area contributed by atoms with Gasteiger partial charge < -0.3 is 52.8 Å². The molecule has 4 aromatic heterocycles. The van der Waals surface area contributed by atoms with E-state index in [-0.39, 0.29) is 85.0 Å². The highest BCUT2D eigenvalue weighted by Crippen LogP contribution is 2.33. The number of carbonyl (C=O) groups excluding carboxylic acids is 9. The first kappa shape index (κ1) is 103. The average Bonchev–Trinajstić information content (AvgIpc) is 1.08. The van der Waals surface area contributed by atoms with Crippen molar-refractivity contribution >= 4 is 96.6 Å². The standard InChI is InChI=1S/C23H28N2O3.C18H24BrNO3.C18H28N2O5S.C13H23FN2O4.C12H11NOS.C8H10N2O3/c1-23(2,3)28-22(27)25-13-10-17(11-14-25)21(26)15-18-7-4-5-9-20(18)19-8-6-12-24-16-19;1-18(2,3)23-17(22)20-10-8-13(9-11-20)16(21)12-14-6-4-5-7-15(14)19;1-18(2,3)25-17(21)20-11-9-14(10-12-20)13-24-16-8-6-5-7-15(16)19-26(4,22)23;1-12(2,3)20-11(18)16-8-6-13(14,7-9-16)10(17)15(4)19-5;1-9-4-7-15-12(9)8-11(14)10-2-5-13-6-3-10;1-5-4-9-7(12-2)6(10-5)8(11)13-3/h4-9,12,16-17H,10-11,13-15H2,1-3H3;4-7,13H,8-12H2,1-3H3;5-8,14,19H,9-13H2,1-4H3;6-9H2,1-5H3;2-7H,8H2,1H3;4H,1-3H3. The summed E-state index contributed by atoms with van der Waals surface area (Å²) < 4.78 is 77.5. The molecule has 5 amide bonds. The van der Waals surface area contributed by atoms with E-state index in [0.717, 1.165) is 61.3 Å². The molecule has 1 N–H and O–H groups in total. The Kier molecular flexibility index (Phi) is 39.9. The number of ketones is 3. The van der Waals surface area contributed by atoms with Crippen molar-refractivity contribution in [2.24, 2.45) is 17.8 Å². The van der Waals surface area contributed by atoms with Gasteiger partial charge in [-0.1, -0.05) is 76.6 Å². The number of piperidine rings is 4. The lowest BCUT2D eigenvalue weighted by molar-refractivity contribution is -0.184. The van der Waals surface area contributed by atoms with Gasteiger partial charge in [-0.3, -0.25) is 38.7 Å². The van der Waals surface area contributed by atoms with Crippen LogP contribution in [-0.4, -0.2) is 228 Å². The number of aryl methyl sites for hydroxylation is 2. The van der Waals surface area contributed by atoms with Crippen LogP contribution in [0, 0.1) is 31.6 Å². The van der Waals surface area contributed by atoms with E-state index in [0.29, 0.717) is 114 Å². The Hall–Kier alpha value is -10.5. The Labute approximate surface area is 747 Å². The molecule has 0 atom stereocenters. The molecule has 7 aromatic rings. The van der Waals surface area contributed by atoms with Crippen LogP contribution in [0.4, 0.5) is 29.3 Å². The summed E-state index contributed by atoms with van der Waals surface area (Å²) in [7, 11) is 2.01. The van der Waals surface area contributed by atoms with Crippen molar-refractivity contribution in [1.29, 1.82) is 0 Å². The van der Waals surface area contributed by atoms with Crippen LogP contribution in [0.25, 0.3) is 11.1 Å². The van der Waals surface area contributed by atoms with Crippen LogP contribution in [0.5, 0.6) is 11.6 Å². The molecule has 11 rings (SSSR count). The van der Waals surface area contributed by atoms with E-state index in [1.165, 1.54) is 45.0 Å². The molecule has 0 saturated carbocycles. The largest absolute Gasteiger partial charge is 0.491 e. The summed E-state index contributed by atoms with van der Waals surface area (Å²) in [6.07, 6.45) is 13.8. The van der Waals surface area contributed by atoms with Crippen LogP contribution in [-0.2, 0) is 72.2 Å². The molecule has 29 nitrogen and oxygen atoms in total. The van der Waals surface area contributed by atoms with E-state index in [4.69, 9.17) is 33.3 Å². The number of para-hydroxylation sites is 2. The molecule has 0 aliphatic carbocycles. The normalized spacial score (nSPS) is 15.0. The number of hydroxylamine groups is 2. The molecule has 682 valence electrons. The summed E-state index contributed by atoms with van der Waals surface area (Å²) in [5.74, 6) is 0.382. The molecule has 4 aliphatic rings. The molecule has 8 heterocycles. The molecule has 33 heteroatoms. The SMILES string of the molecule is CC(C)(C)OC(=O)N1CCC(C(=O)Cc2ccccc2-c2cccnc2)CC1.CC(C)(C)OC(=O)N1CCC(C(=O)Cc2ccccc2Br)CC1.CC(C)(C)OC(=O)N1CCC(COc2ccccc2NS(C)(=O)=O)CC1.COC(=O)c1nc(C)cnc1OC.CON(C)C(=O)C1(F)CCN(C(=O)OC(C)(C)C)CC1.Cc1ccsc1CC(=O)c1ccncc1. The number of halogens is 2. The molecule has 0 radical (unpaired) electrons. The number of sulfonamides is 1. The van der Waals surface area contributed by atoms with Gasteiger partial charge in [0.15, 0.2) is 11.5 Å². The molecule has 0 unspecified atom stereocenters. The van der Waals surface area contributed by atoms with E-state index >= 15 is 0 Å². The van der Waals surface area contributed by atoms with E-state index < -0.39 is 56.1 Å². The third-order valence-electron chi connectivity index (χ3n) is 19.7. The van der Waals surface area contributed by atoms with Crippen molar-refractivity contribution in [3.05, 3.63) is 182 Å². The first-order chi connectivity index (χ1) is 58.7. The Morgan fingerprint density at radius 3 is 1.50 bits per heavy atom. The Morgan fingerprint density at radius 2 is 1.05 bits per heavy atom. The topological polar surface area (TPSA) is 341 Å². The highest BCUT2D eigenvalue weighted by molar-refractivity contribution is 9.10. The van der Waals surface area contributed by atoms with Crippen molar-refractivity contribution in [1.82, 2.24) is 44.6 Å². The van der Waals surface area contributed by atoms with E-state index in [1.54, 1.807) is 109 Å². The Balaban J connectivity index is 0.000000236. The van der Waals surface area contributed by atoms with E-state index in [1.807, 2.05) is 148 Å². The van der Waals surface area contributed by atoms with Gasteiger partial charge in [-0.05, 0) is 211 Å². The number of benzene rings is 3. The molecule has 125 heavy (non-hydrogen) atoms. The number of amides is 5. The lowest BCUT2D eigenvalue weighted by Gasteiger charge is -2.37. The highest BCUT2D eigenvalue weighted by atomic mass is 79.9. The van der Waals surface area contributed by atoms with Gasteiger partial charge in [0, 0.05) is 149 Å². The van der Waals surface area contributed by atoms with Crippen LogP contribution >= 0.6 is 27.3 Å². The number of methoxy groups -OCH3 is 2. The number of aromatic nitrogens is 4. The number of ether oxygens (including phenoxy) is 7. The maximum absolute atomic E-state index is 14.5. The minimum Gasteiger partial charge on any atom is -0.491 e. The zero-order valence-corrected chi connectivity index (χ0v) is 78.7. The molecule has 4 saturated heterocycles. The fraction of sp³-hybridized carbons (Fsp3) is 0.511. The fourth-order valence-corrected chi connectivity index (χ4v) is 15.0. The average molecular weight is 1840 g/mol. The third-order valence-corrected chi connectivity index (χ3v) is 22.1. The van der Waals surface area contributed by atoms with Gasteiger partial charge in [-0.2, -0.15) is 0 Å². The van der Waals surface area contributed by atoms with Crippen LogP contribution in [0.1, 0.15) is 183 Å². The number of thiophene rings is 1. The molecule has 0 bridgehead atoms. The van der Waals surface area contributed by atoms with Crippen molar-refractivity contribution in [2.45, 2.75) is 196 Å². The van der Waals surface area contributed by atoms with Gasteiger partial charge >= 0.3 is 30.3 Å². The number of esters is 1. The van der Waals surface area contributed by atoms with Gasteiger partial charge in [0.1, 0.15) is 39.7 Å². The molecule has 4 fully saturated rings. The number of Topliss-reactive ketones (excluding diaryl/α,β-unsaturated/α-hetero) is 3. The number of hydrogen-bond donors (Lipinski definition) is 1. The van der Waals surface area contributed by atoms with Gasteiger partial charge in [-0.25, -0.2) is 51.8 Å². The number of rotatable bonds is 19. The van der Waals surface area contributed by atoms with E-state index in [2.05, 4.69) is 45.3 Å². The molecular formula is C92H124BrFN10O19S2. The minimum absolute atomic E-state index is 0.0133. The summed E-state index contributed by atoms with van der Waals surface area (Å²) in [5.41, 5.74) is 3.17. The lowest BCUT2D eigenvalue weighted by atomic mass is 9.87. The van der Waals surface area contributed by atoms with Gasteiger partial charge in [0.2, 0.25) is 21.6 Å². The van der Waals surface area contributed by atoms with Crippen LogP contribution in [0.2, 0.25) is 0 Å². The number of likely N-dealkylation sites (tertiary alicyclic amines) is 4. The van der Waals surface area contributed by atoms with Crippen molar-refractivity contribution in [3.63, 3.8) is 0 Å². The lowest BCUT2D eigenvalue weighted by Crippen LogP contribution is -2.53. The van der Waals surface area contributed by atoms with Gasteiger partial charge in [-0.15, -0.1) is 11.3 Å². The summed E-state index contributed by atoms with van der Waals surface area (Å²) in [6.45, 7) is 30.1. The first-order valence-electron chi connectivity index (χ1n) is 41.5. The number of anilines is 1. The number of pyridine rings is 2. The summed E-state index contributed by atoms with van der Waals surface area (Å²) >= 11 is 5.12. The Bertz CT molecular complexity index is 4790. The number of carbonyl (C=O) groups is 9. The van der Waals surface area contributed by atoms with Crippen LogP contribution < -0.4 is 14.2 Å². The quantitative estimate of drug-likeness (QED) is 0.0340. The summed E-state index contributed by atoms with van der Waals surface area (Å²) in [6, 6.07) is 32.2. The zero-order chi connectivity index (χ0) is 92.6. The predicted molar refractivity (Wildman–Crippen MR) is 480 cm³/mol. The predicted octanol–water partition coefficient (Wildman–Crippen LogP) is 17.0. The molecule has 3 aromatic carbocycles. The molecule has 4 aliphatic heterocycles. The molecule has 0 spiro atoms. The van der Waals surface area contributed by atoms with Crippen molar-refractivity contribution in [2.75, 3.05) is 98.3 Å². The van der Waals surface area contributed by atoms with Crippen LogP contribution in [0.15, 0.2) is 144 Å².